The number of aliphatic carboxylic acids is 1. The largest absolute Gasteiger partial charge is 0.480 e. The monoisotopic (exact) mass is 327 g/mol. The summed E-state index contributed by atoms with van der Waals surface area (Å²) in [6.45, 7) is 1.64. The topological polar surface area (TPSA) is 92.5 Å². The number of hydrogen-bond acceptors (Lipinski definition) is 4. The Morgan fingerprint density at radius 2 is 2.05 bits per heavy atom. The van der Waals surface area contributed by atoms with Crippen LogP contribution in [0.4, 0.5) is 0 Å². The number of rotatable bonds is 3. The van der Waals surface area contributed by atoms with Gasteiger partial charge in [0.15, 0.2) is 0 Å². The fourth-order valence-corrected chi connectivity index (χ4v) is 5.99. The molecule has 3 rings (SSSR count). The number of carboxylic acids is 1. The molecule has 0 radical (unpaired) electrons. The molecule has 2 fully saturated rings. The van der Waals surface area contributed by atoms with E-state index in [0.717, 1.165) is 25.7 Å². The number of aryl methyl sites for hydroxylation is 2. The van der Waals surface area contributed by atoms with Gasteiger partial charge in [-0.05, 0) is 32.1 Å². The van der Waals surface area contributed by atoms with Crippen molar-refractivity contribution in [3.05, 3.63) is 11.9 Å². The smallest absolute Gasteiger partial charge is 0.322 e. The lowest BCUT2D eigenvalue weighted by molar-refractivity contribution is -0.141. The number of hydrogen-bond donors (Lipinski definition) is 1. The van der Waals surface area contributed by atoms with Gasteiger partial charge < -0.3 is 5.11 Å². The Hall–Kier alpha value is -1.41. The fourth-order valence-electron chi connectivity index (χ4n) is 3.92. The molecule has 8 heteroatoms. The van der Waals surface area contributed by atoms with Crippen LogP contribution in [0.5, 0.6) is 0 Å². The third-order valence-corrected chi connectivity index (χ3v) is 6.87. The zero-order valence-electron chi connectivity index (χ0n) is 12.8. The first-order valence-corrected chi connectivity index (χ1v) is 9.03. The minimum atomic E-state index is -3.84. The number of sulfonamides is 1. The Balaban J connectivity index is 2.06. The summed E-state index contributed by atoms with van der Waals surface area (Å²) in [5, 5.41) is 13.6. The summed E-state index contributed by atoms with van der Waals surface area (Å²) in [4.78, 5) is 11.7. The maximum Gasteiger partial charge on any atom is 0.322 e. The first kappa shape index (κ1) is 15.5. The highest BCUT2D eigenvalue weighted by atomic mass is 32.2. The van der Waals surface area contributed by atoms with Crippen LogP contribution in [0.1, 0.15) is 37.8 Å². The number of nitrogens with zero attached hydrogens (tertiary/aromatic N) is 3. The van der Waals surface area contributed by atoms with Crippen LogP contribution in [0.25, 0.3) is 0 Å². The Labute approximate surface area is 130 Å². The molecule has 3 atom stereocenters. The summed E-state index contributed by atoms with van der Waals surface area (Å²) in [5.41, 5.74) is 0.408. The lowest BCUT2D eigenvalue weighted by Crippen LogP contribution is -2.46. The van der Waals surface area contributed by atoms with Gasteiger partial charge in [0.1, 0.15) is 10.9 Å². The van der Waals surface area contributed by atoms with Gasteiger partial charge in [-0.1, -0.05) is 12.8 Å². The van der Waals surface area contributed by atoms with Gasteiger partial charge in [0.25, 0.3) is 0 Å². The van der Waals surface area contributed by atoms with Crippen LogP contribution in [0.2, 0.25) is 0 Å². The van der Waals surface area contributed by atoms with Crippen LogP contribution in [0, 0.1) is 12.8 Å². The zero-order chi connectivity index (χ0) is 16.1. The highest BCUT2D eigenvalue weighted by Gasteiger charge is 2.51. The average Bonchev–Trinajstić information content (AvgIpc) is 2.99. The van der Waals surface area contributed by atoms with Crippen molar-refractivity contribution in [3.8, 4) is 0 Å². The molecule has 0 spiro atoms. The quantitative estimate of drug-likeness (QED) is 0.898. The summed E-state index contributed by atoms with van der Waals surface area (Å²) < 4.78 is 28.8. The van der Waals surface area contributed by atoms with E-state index < -0.39 is 22.0 Å². The van der Waals surface area contributed by atoms with Crippen molar-refractivity contribution in [2.75, 3.05) is 0 Å². The van der Waals surface area contributed by atoms with Crippen LogP contribution in [-0.4, -0.2) is 45.7 Å². The molecule has 2 heterocycles. The van der Waals surface area contributed by atoms with E-state index >= 15 is 0 Å². The minimum Gasteiger partial charge on any atom is -0.480 e. The first-order chi connectivity index (χ1) is 10.3. The summed E-state index contributed by atoms with van der Waals surface area (Å²) in [5.74, 6) is -0.902. The van der Waals surface area contributed by atoms with Crippen molar-refractivity contribution >= 4 is 16.0 Å². The lowest BCUT2D eigenvalue weighted by atomic mass is 9.85. The van der Waals surface area contributed by atoms with E-state index in [4.69, 9.17) is 0 Å². The van der Waals surface area contributed by atoms with Crippen molar-refractivity contribution in [1.29, 1.82) is 0 Å². The number of carboxylic acid groups (broad SMARTS) is 1. The number of aromatic nitrogens is 2. The first-order valence-electron chi connectivity index (χ1n) is 7.59. The molecule has 7 nitrogen and oxygen atoms in total. The van der Waals surface area contributed by atoms with Crippen molar-refractivity contribution in [1.82, 2.24) is 14.1 Å². The third kappa shape index (κ3) is 2.34. The SMILES string of the molecule is Cc1nn(C)cc1S(=O)(=O)N1C(C(=O)O)CC2CCCCC21. The van der Waals surface area contributed by atoms with Gasteiger partial charge in [-0.25, -0.2) is 8.42 Å². The molecule has 1 N–H and O–H groups in total. The molecule has 122 valence electrons. The van der Waals surface area contributed by atoms with Crippen molar-refractivity contribution in [2.45, 2.75) is 56.0 Å². The molecule has 1 saturated carbocycles. The second-order valence-electron chi connectivity index (χ2n) is 6.29. The molecular weight excluding hydrogens is 306 g/mol. The molecule has 22 heavy (non-hydrogen) atoms. The molecule has 1 aromatic heterocycles. The van der Waals surface area contributed by atoms with Crippen LogP contribution >= 0.6 is 0 Å². The van der Waals surface area contributed by atoms with Crippen molar-refractivity contribution in [3.63, 3.8) is 0 Å². The van der Waals surface area contributed by atoms with Gasteiger partial charge in [-0.15, -0.1) is 0 Å². The zero-order valence-corrected chi connectivity index (χ0v) is 13.6. The van der Waals surface area contributed by atoms with Crippen molar-refractivity contribution < 1.29 is 18.3 Å². The fraction of sp³-hybridized carbons (Fsp3) is 0.714. The van der Waals surface area contributed by atoms with Gasteiger partial charge in [-0.3, -0.25) is 9.48 Å². The summed E-state index contributed by atoms with van der Waals surface area (Å²) >= 11 is 0. The molecule has 1 saturated heterocycles. The maximum absolute atomic E-state index is 13.0. The predicted molar refractivity (Wildman–Crippen MR) is 78.8 cm³/mol. The standard InChI is InChI=1S/C14H21N3O4S/c1-9-13(8-16(2)15-9)22(20,21)17-11-6-4-3-5-10(11)7-12(17)14(18)19/h8,10-12H,3-7H2,1-2H3,(H,18,19). The molecule has 1 aromatic rings. The molecule has 0 aromatic carbocycles. The molecule has 1 aliphatic carbocycles. The van der Waals surface area contributed by atoms with E-state index in [9.17, 15) is 18.3 Å². The lowest BCUT2D eigenvalue weighted by Gasteiger charge is -2.31. The Morgan fingerprint density at radius 1 is 1.36 bits per heavy atom. The van der Waals surface area contributed by atoms with Gasteiger partial charge >= 0.3 is 5.97 Å². The normalized spacial score (nSPS) is 29.5. The summed E-state index contributed by atoms with van der Waals surface area (Å²) in [7, 11) is -2.18. The number of fused-ring (bicyclic) bond motifs is 1. The van der Waals surface area contributed by atoms with E-state index in [1.165, 1.54) is 15.2 Å². The van der Waals surface area contributed by atoms with Gasteiger partial charge in [0.2, 0.25) is 10.0 Å². The van der Waals surface area contributed by atoms with E-state index in [2.05, 4.69) is 5.10 Å². The second-order valence-corrected chi connectivity index (χ2v) is 8.10. The van der Waals surface area contributed by atoms with Gasteiger partial charge in [0, 0.05) is 19.3 Å². The third-order valence-electron chi connectivity index (χ3n) is 4.84. The Morgan fingerprint density at radius 3 is 2.64 bits per heavy atom. The Kier molecular flexibility index (Phi) is 3.76. The molecule has 3 unspecified atom stereocenters. The van der Waals surface area contributed by atoms with Gasteiger partial charge in [0.05, 0.1) is 5.69 Å². The maximum atomic E-state index is 13.0. The van der Waals surface area contributed by atoms with Crippen LogP contribution in [0.3, 0.4) is 0 Å². The van der Waals surface area contributed by atoms with Crippen LogP contribution in [0.15, 0.2) is 11.1 Å². The van der Waals surface area contributed by atoms with Crippen LogP contribution in [-0.2, 0) is 21.9 Å². The molecule has 2 aliphatic rings. The van der Waals surface area contributed by atoms with E-state index in [1.54, 1.807) is 14.0 Å². The molecule has 0 amide bonds. The summed E-state index contributed by atoms with van der Waals surface area (Å²) in [6.07, 6.45) is 5.52. The van der Waals surface area contributed by atoms with Crippen molar-refractivity contribution in [2.24, 2.45) is 13.0 Å². The van der Waals surface area contributed by atoms with E-state index in [-0.39, 0.29) is 16.9 Å². The minimum absolute atomic E-state index is 0.118. The molecule has 1 aliphatic heterocycles. The van der Waals surface area contributed by atoms with Gasteiger partial charge in [-0.2, -0.15) is 9.40 Å². The Bertz CT molecular complexity index is 697. The number of carbonyl (C=O) groups is 1. The highest BCUT2D eigenvalue weighted by molar-refractivity contribution is 7.89. The van der Waals surface area contributed by atoms with Crippen LogP contribution < -0.4 is 0 Å². The second kappa shape index (κ2) is 5.34. The molecule has 0 bridgehead atoms. The predicted octanol–water partition coefficient (Wildman–Crippen LogP) is 1.13. The molecular formula is C14H21N3O4S. The average molecular weight is 327 g/mol. The highest BCUT2D eigenvalue weighted by Crippen LogP contribution is 2.43. The van der Waals surface area contributed by atoms with E-state index in [0.29, 0.717) is 12.1 Å². The summed E-state index contributed by atoms with van der Waals surface area (Å²) in [6, 6.07) is -1.16. The van der Waals surface area contributed by atoms with E-state index in [1.807, 2.05) is 0 Å².